The summed E-state index contributed by atoms with van der Waals surface area (Å²) < 4.78 is 1.99. The van der Waals surface area contributed by atoms with Crippen LogP contribution in [0.2, 0.25) is 0 Å². The smallest absolute Gasteiger partial charge is 0.187 e. The maximum Gasteiger partial charge on any atom is 0.187 e. The highest BCUT2D eigenvalue weighted by Gasteiger charge is 2.21. The molecule has 1 fully saturated rings. The molecule has 1 saturated heterocycles. The molecule has 0 spiro atoms. The lowest BCUT2D eigenvalue weighted by Gasteiger charge is -2.34. The van der Waals surface area contributed by atoms with Crippen LogP contribution >= 0.6 is 0 Å². The highest BCUT2D eigenvalue weighted by molar-refractivity contribution is 5.94. The molecule has 1 aromatic carbocycles. The Bertz CT molecular complexity index is 1130. The molecule has 1 unspecified atom stereocenters. The Morgan fingerprint density at radius 3 is 2.81 bits per heavy atom. The summed E-state index contributed by atoms with van der Waals surface area (Å²) in [6.07, 6.45) is 4.54. The van der Waals surface area contributed by atoms with Crippen LogP contribution in [0.1, 0.15) is 25.3 Å². The van der Waals surface area contributed by atoms with Gasteiger partial charge >= 0.3 is 0 Å². The van der Waals surface area contributed by atoms with Crippen molar-refractivity contribution >= 4 is 22.2 Å². The van der Waals surface area contributed by atoms with E-state index < -0.39 is 0 Å². The van der Waals surface area contributed by atoms with Gasteiger partial charge in [-0.2, -0.15) is 0 Å². The minimum Gasteiger partial charge on any atom is -0.369 e. The summed E-state index contributed by atoms with van der Waals surface area (Å²) in [5, 5.41) is 9.84. The molecule has 5 rings (SSSR count). The SMILES string of the molecule is Cc1ccc2ccc(-c3nnc4ccccn34)nc2c1N1CCCC(C)C1. The van der Waals surface area contributed by atoms with E-state index in [2.05, 4.69) is 47.1 Å². The number of fused-ring (bicyclic) bond motifs is 2. The van der Waals surface area contributed by atoms with Crippen molar-refractivity contribution in [1.29, 1.82) is 0 Å². The van der Waals surface area contributed by atoms with Crippen LogP contribution < -0.4 is 4.90 Å². The molecule has 0 amide bonds. The van der Waals surface area contributed by atoms with E-state index in [0.29, 0.717) is 0 Å². The molecule has 27 heavy (non-hydrogen) atoms. The number of aromatic nitrogens is 4. The number of benzene rings is 1. The van der Waals surface area contributed by atoms with Crippen LogP contribution in [0.25, 0.3) is 28.1 Å². The maximum absolute atomic E-state index is 5.06. The van der Waals surface area contributed by atoms with Crippen molar-refractivity contribution in [3.8, 4) is 11.5 Å². The Hall–Kier alpha value is -2.95. The molecule has 0 N–H and O–H groups in total. The highest BCUT2D eigenvalue weighted by atomic mass is 15.3. The van der Waals surface area contributed by atoms with E-state index in [0.717, 1.165) is 41.7 Å². The second-order valence-electron chi connectivity index (χ2n) is 7.65. The van der Waals surface area contributed by atoms with Crippen LogP contribution in [0.15, 0.2) is 48.7 Å². The molecule has 0 aliphatic carbocycles. The van der Waals surface area contributed by atoms with Gasteiger partial charge in [-0.25, -0.2) is 4.98 Å². The van der Waals surface area contributed by atoms with Crippen molar-refractivity contribution < 1.29 is 0 Å². The maximum atomic E-state index is 5.06. The van der Waals surface area contributed by atoms with E-state index in [4.69, 9.17) is 4.98 Å². The van der Waals surface area contributed by atoms with E-state index in [1.807, 2.05) is 34.9 Å². The summed E-state index contributed by atoms with van der Waals surface area (Å²) in [6, 6.07) is 14.5. The molecule has 5 nitrogen and oxygen atoms in total. The van der Waals surface area contributed by atoms with Crippen LogP contribution in [0, 0.1) is 12.8 Å². The molecule has 136 valence electrons. The second-order valence-corrected chi connectivity index (χ2v) is 7.65. The predicted molar refractivity (Wildman–Crippen MR) is 109 cm³/mol. The van der Waals surface area contributed by atoms with Gasteiger partial charge in [-0.05, 0) is 49.4 Å². The van der Waals surface area contributed by atoms with Crippen LogP contribution in [0.3, 0.4) is 0 Å². The first kappa shape index (κ1) is 16.2. The number of pyridine rings is 2. The standard InChI is InChI=1S/C22H23N5/c1-15-6-5-12-26(14-15)21-16(2)8-9-17-10-11-18(23-20(17)21)22-25-24-19-7-3-4-13-27(19)22/h3-4,7-11,13,15H,5-6,12,14H2,1-2H3. The van der Waals surface area contributed by atoms with Gasteiger partial charge in [0.05, 0.1) is 11.2 Å². The third kappa shape index (κ3) is 2.74. The van der Waals surface area contributed by atoms with Crippen LogP contribution in [0.4, 0.5) is 5.69 Å². The van der Waals surface area contributed by atoms with Gasteiger partial charge in [0.1, 0.15) is 5.69 Å². The number of hydrogen-bond acceptors (Lipinski definition) is 4. The van der Waals surface area contributed by atoms with E-state index >= 15 is 0 Å². The first-order valence-electron chi connectivity index (χ1n) is 9.66. The van der Waals surface area contributed by atoms with Gasteiger partial charge in [0.15, 0.2) is 11.5 Å². The highest BCUT2D eigenvalue weighted by Crippen LogP contribution is 2.33. The van der Waals surface area contributed by atoms with E-state index in [-0.39, 0.29) is 0 Å². The molecule has 0 radical (unpaired) electrons. The van der Waals surface area contributed by atoms with Gasteiger partial charge in [-0.3, -0.25) is 4.40 Å². The van der Waals surface area contributed by atoms with Crippen LogP contribution in [-0.4, -0.2) is 32.7 Å². The Morgan fingerprint density at radius 1 is 1.04 bits per heavy atom. The molecule has 1 aliphatic rings. The average Bonchev–Trinajstić information content (AvgIpc) is 3.11. The molecule has 0 bridgehead atoms. The minimum atomic E-state index is 0.719. The van der Waals surface area contributed by atoms with Gasteiger partial charge in [0.25, 0.3) is 0 Å². The molecule has 0 saturated carbocycles. The molecule has 5 heteroatoms. The Labute approximate surface area is 158 Å². The summed E-state index contributed by atoms with van der Waals surface area (Å²) in [4.78, 5) is 7.58. The topological polar surface area (TPSA) is 46.3 Å². The average molecular weight is 357 g/mol. The lowest BCUT2D eigenvalue weighted by molar-refractivity contribution is 0.447. The molecular formula is C22H23N5. The van der Waals surface area contributed by atoms with Gasteiger partial charge < -0.3 is 4.90 Å². The van der Waals surface area contributed by atoms with Crippen molar-refractivity contribution in [3.63, 3.8) is 0 Å². The Balaban J connectivity index is 1.69. The number of aryl methyl sites for hydroxylation is 1. The van der Waals surface area contributed by atoms with Crippen molar-refractivity contribution in [3.05, 3.63) is 54.2 Å². The van der Waals surface area contributed by atoms with E-state index in [1.165, 1.54) is 29.5 Å². The molecule has 4 aromatic rings. The van der Waals surface area contributed by atoms with Crippen molar-refractivity contribution in [1.82, 2.24) is 19.6 Å². The fourth-order valence-electron chi connectivity index (χ4n) is 4.21. The third-order valence-corrected chi connectivity index (χ3v) is 5.55. The summed E-state index contributed by atoms with van der Waals surface area (Å²) in [5.41, 5.74) is 5.32. The fourth-order valence-corrected chi connectivity index (χ4v) is 4.21. The molecular weight excluding hydrogens is 334 g/mol. The van der Waals surface area contributed by atoms with Crippen LogP contribution in [0.5, 0.6) is 0 Å². The number of piperidine rings is 1. The molecule has 4 heterocycles. The molecule has 3 aromatic heterocycles. The summed E-state index contributed by atoms with van der Waals surface area (Å²) in [6.45, 7) is 6.73. The first-order chi connectivity index (χ1) is 13.2. The number of hydrogen-bond donors (Lipinski definition) is 0. The summed E-state index contributed by atoms with van der Waals surface area (Å²) >= 11 is 0. The van der Waals surface area contributed by atoms with Crippen molar-refractivity contribution in [2.24, 2.45) is 5.92 Å². The van der Waals surface area contributed by atoms with Crippen molar-refractivity contribution in [2.75, 3.05) is 18.0 Å². The zero-order valence-electron chi connectivity index (χ0n) is 15.8. The Kier molecular flexibility index (Phi) is 3.81. The lowest BCUT2D eigenvalue weighted by atomic mass is 9.98. The summed E-state index contributed by atoms with van der Waals surface area (Å²) in [7, 11) is 0. The zero-order valence-corrected chi connectivity index (χ0v) is 15.8. The van der Waals surface area contributed by atoms with E-state index in [9.17, 15) is 0 Å². The second kappa shape index (κ2) is 6.34. The molecule has 1 atom stereocenters. The fraction of sp³-hybridized carbons (Fsp3) is 0.318. The monoisotopic (exact) mass is 357 g/mol. The lowest BCUT2D eigenvalue weighted by Crippen LogP contribution is -2.34. The first-order valence-corrected chi connectivity index (χ1v) is 9.66. The van der Waals surface area contributed by atoms with Gasteiger partial charge in [0.2, 0.25) is 0 Å². The van der Waals surface area contributed by atoms with Gasteiger partial charge in [-0.1, -0.05) is 31.2 Å². The number of anilines is 1. The predicted octanol–water partition coefficient (Wildman–Crippen LogP) is 4.49. The van der Waals surface area contributed by atoms with E-state index in [1.54, 1.807) is 0 Å². The number of nitrogens with zero attached hydrogens (tertiary/aromatic N) is 5. The Morgan fingerprint density at radius 2 is 1.93 bits per heavy atom. The third-order valence-electron chi connectivity index (χ3n) is 5.55. The largest absolute Gasteiger partial charge is 0.369 e. The normalized spacial score (nSPS) is 17.7. The zero-order chi connectivity index (χ0) is 18.4. The minimum absolute atomic E-state index is 0.719. The van der Waals surface area contributed by atoms with Gasteiger partial charge in [0, 0.05) is 24.7 Å². The summed E-state index contributed by atoms with van der Waals surface area (Å²) in [5.74, 6) is 1.50. The quantitative estimate of drug-likeness (QED) is 0.530. The van der Waals surface area contributed by atoms with Gasteiger partial charge in [-0.15, -0.1) is 10.2 Å². The molecule has 1 aliphatic heterocycles. The van der Waals surface area contributed by atoms with Crippen molar-refractivity contribution in [2.45, 2.75) is 26.7 Å². The van der Waals surface area contributed by atoms with Crippen LogP contribution in [-0.2, 0) is 0 Å². The number of rotatable bonds is 2.